The fourth-order valence-electron chi connectivity index (χ4n) is 2.54. The van der Waals surface area contributed by atoms with E-state index in [-0.39, 0.29) is 0 Å². The summed E-state index contributed by atoms with van der Waals surface area (Å²) < 4.78 is 17.0. The average Bonchev–Trinajstić information content (AvgIpc) is 2.69. The minimum Gasteiger partial charge on any atom is -0.489 e. The van der Waals surface area contributed by atoms with Crippen molar-refractivity contribution in [1.82, 2.24) is 0 Å². The highest BCUT2D eigenvalue weighted by molar-refractivity contribution is 5.46. The second-order valence-electron chi connectivity index (χ2n) is 5.70. The van der Waals surface area contributed by atoms with Crippen LogP contribution in [0.3, 0.4) is 0 Å². The van der Waals surface area contributed by atoms with Gasteiger partial charge in [0.2, 0.25) is 0 Å². The predicted molar refractivity (Wildman–Crippen MR) is 78.8 cm³/mol. The average molecular weight is 288 g/mol. The maximum atomic E-state index is 10.6. The Bertz CT molecular complexity index is 644. The lowest BCUT2D eigenvalue weighted by Gasteiger charge is -2.13. The zero-order valence-corrected chi connectivity index (χ0v) is 12.6. The van der Waals surface area contributed by atoms with Gasteiger partial charge in [-0.05, 0) is 37.6 Å². The summed E-state index contributed by atoms with van der Waals surface area (Å²) in [5, 5.41) is 10.6. The Labute approximate surface area is 124 Å². The lowest BCUT2D eigenvalue weighted by atomic mass is 10.0. The molecule has 2 heterocycles. The fourth-order valence-corrected chi connectivity index (χ4v) is 2.54. The molecule has 0 saturated carbocycles. The Morgan fingerprint density at radius 1 is 1.10 bits per heavy atom. The van der Waals surface area contributed by atoms with E-state index in [0.717, 1.165) is 28.4 Å². The number of hydrogen-bond donors (Lipinski definition) is 1. The fraction of sp³-hybridized carbons (Fsp3) is 0.412. The van der Waals surface area contributed by atoms with Crippen LogP contribution in [0.25, 0.3) is 0 Å². The molecule has 4 heteroatoms. The molecule has 112 valence electrons. The zero-order valence-electron chi connectivity index (χ0n) is 12.6. The molecule has 0 amide bonds. The van der Waals surface area contributed by atoms with E-state index >= 15 is 0 Å². The van der Waals surface area contributed by atoms with E-state index in [0.29, 0.717) is 24.9 Å². The first-order valence-corrected chi connectivity index (χ1v) is 7.19. The van der Waals surface area contributed by atoms with Gasteiger partial charge in [-0.15, -0.1) is 0 Å². The summed E-state index contributed by atoms with van der Waals surface area (Å²) >= 11 is 0. The number of aliphatic hydroxyl groups excluding tert-OH is 1. The zero-order chi connectivity index (χ0) is 15.0. The second kappa shape index (κ2) is 5.45. The molecule has 0 radical (unpaired) electrons. The van der Waals surface area contributed by atoms with Crippen molar-refractivity contribution in [3.8, 4) is 11.5 Å². The van der Waals surface area contributed by atoms with Crippen molar-refractivity contribution < 1.29 is 19.0 Å². The van der Waals surface area contributed by atoms with Crippen molar-refractivity contribution in [2.45, 2.75) is 26.9 Å². The number of ether oxygens (including phenoxy) is 2. The molecule has 0 bridgehead atoms. The molecule has 0 aliphatic carbocycles. The van der Waals surface area contributed by atoms with Gasteiger partial charge < -0.3 is 19.0 Å². The molecule has 0 spiro atoms. The molecule has 1 aliphatic rings. The van der Waals surface area contributed by atoms with Crippen LogP contribution in [0.2, 0.25) is 0 Å². The van der Waals surface area contributed by atoms with Crippen molar-refractivity contribution in [3.05, 3.63) is 46.9 Å². The van der Waals surface area contributed by atoms with Gasteiger partial charge in [-0.3, -0.25) is 0 Å². The molecule has 0 fully saturated rings. The van der Waals surface area contributed by atoms with Crippen LogP contribution in [0.1, 0.15) is 35.7 Å². The maximum absolute atomic E-state index is 10.6. The first-order chi connectivity index (χ1) is 10.0. The maximum Gasteiger partial charge on any atom is 0.161 e. The van der Waals surface area contributed by atoms with Crippen molar-refractivity contribution in [2.24, 2.45) is 5.92 Å². The summed E-state index contributed by atoms with van der Waals surface area (Å²) in [7, 11) is 0. The molecular weight excluding hydrogens is 268 g/mol. The van der Waals surface area contributed by atoms with E-state index in [4.69, 9.17) is 13.9 Å². The number of aliphatic hydroxyl groups is 1. The minimum atomic E-state index is -0.725. The molecule has 3 rings (SSSR count). The quantitative estimate of drug-likeness (QED) is 0.920. The largest absolute Gasteiger partial charge is 0.489 e. The molecule has 1 aromatic heterocycles. The van der Waals surface area contributed by atoms with Gasteiger partial charge in [-0.2, -0.15) is 0 Å². The summed E-state index contributed by atoms with van der Waals surface area (Å²) in [6.07, 6.45) is -0.725. The van der Waals surface area contributed by atoms with Crippen molar-refractivity contribution in [1.29, 1.82) is 0 Å². The molecule has 1 aromatic carbocycles. The first-order valence-electron chi connectivity index (χ1n) is 7.19. The molecule has 0 saturated heterocycles. The minimum absolute atomic E-state index is 0.351. The van der Waals surface area contributed by atoms with Gasteiger partial charge in [-0.25, -0.2) is 0 Å². The van der Waals surface area contributed by atoms with Crippen molar-refractivity contribution in [2.75, 3.05) is 13.2 Å². The highest BCUT2D eigenvalue weighted by Crippen LogP contribution is 2.35. The number of benzene rings is 1. The van der Waals surface area contributed by atoms with E-state index in [9.17, 15) is 5.11 Å². The van der Waals surface area contributed by atoms with Gasteiger partial charge in [0.15, 0.2) is 11.5 Å². The molecule has 2 aromatic rings. The Morgan fingerprint density at radius 3 is 2.48 bits per heavy atom. The molecule has 2 atom stereocenters. The highest BCUT2D eigenvalue weighted by Gasteiger charge is 2.20. The molecule has 1 N–H and O–H groups in total. The van der Waals surface area contributed by atoms with Crippen LogP contribution in [0.15, 0.2) is 28.7 Å². The normalized spacial score (nSPS) is 19.1. The predicted octanol–water partition coefficient (Wildman–Crippen LogP) is 3.39. The molecule has 2 unspecified atom stereocenters. The van der Waals surface area contributed by atoms with Gasteiger partial charge in [0.25, 0.3) is 0 Å². The smallest absolute Gasteiger partial charge is 0.161 e. The van der Waals surface area contributed by atoms with Crippen LogP contribution >= 0.6 is 0 Å². The van der Waals surface area contributed by atoms with E-state index in [2.05, 4.69) is 6.92 Å². The standard InChI is InChI=1S/C17H20O4/c1-10-8-19-15-5-4-13(7-16(15)20-9-10)17(18)14-6-11(2)21-12(14)3/h4-7,10,17-18H,8-9H2,1-3H3. The Balaban J connectivity index is 1.91. The number of fused-ring (bicyclic) bond motifs is 1. The van der Waals surface area contributed by atoms with Crippen LogP contribution in [0, 0.1) is 19.8 Å². The van der Waals surface area contributed by atoms with E-state index in [1.807, 2.05) is 38.1 Å². The number of rotatable bonds is 2. The Morgan fingerprint density at radius 2 is 1.81 bits per heavy atom. The SMILES string of the molecule is Cc1cc(C(O)c2ccc3c(c2)OCC(C)CO3)c(C)o1. The third-order valence-corrected chi connectivity index (χ3v) is 3.70. The monoisotopic (exact) mass is 288 g/mol. The summed E-state index contributed by atoms with van der Waals surface area (Å²) in [6, 6.07) is 7.43. The third-order valence-electron chi connectivity index (χ3n) is 3.70. The molecule has 1 aliphatic heterocycles. The number of furan rings is 1. The Hall–Kier alpha value is -1.94. The summed E-state index contributed by atoms with van der Waals surface area (Å²) in [6.45, 7) is 7.08. The molecule has 4 nitrogen and oxygen atoms in total. The van der Waals surface area contributed by atoms with Crippen molar-refractivity contribution >= 4 is 0 Å². The second-order valence-corrected chi connectivity index (χ2v) is 5.70. The van der Waals surface area contributed by atoms with Crippen LogP contribution in [0.4, 0.5) is 0 Å². The van der Waals surface area contributed by atoms with Crippen molar-refractivity contribution in [3.63, 3.8) is 0 Å². The van der Waals surface area contributed by atoms with Gasteiger partial charge in [0.1, 0.15) is 17.6 Å². The Kier molecular flexibility index (Phi) is 3.64. The summed E-state index contributed by atoms with van der Waals surface area (Å²) in [4.78, 5) is 0. The summed E-state index contributed by atoms with van der Waals surface area (Å²) in [5.74, 6) is 3.30. The van der Waals surface area contributed by atoms with Crippen LogP contribution < -0.4 is 9.47 Å². The number of hydrogen-bond acceptors (Lipinski definition) is 4. The number of aryl methyl sites for hydroxylation is 2. The van der Waals surface area contributed by atoms with Gasteiger partial charge >= 0.3 is 0 Å². The van der Waals surface area contributed by atoms with E-state index < -0.39 is 6.10 Å². The molecule has 21 heavy (non-hydrogen) atoms. The van der Waals surface area contributed by atoms with Gasteiger partial charge in [0.05, 0.1) is 13.2 Å². The lowest BCUT2D eigenvalue weighted by Crippen LogP contribution is -2.12. The summed E-state index contributed by atoms with van der Waals surface area (Å²) in [5.41, 5.74) is 1.56. The van der Waals surface area contributed by atoms with Crippen LogP contribution in [0.5, 0.6) is 11.5 Å². The van der Waals surface area contributed by atoms with E-state index in [1.165, 1.54) is 0 Å². The van der Waals surface area contributed by atoms with Gasteiger partial charge in [-0.1, -0.05) is 13.0 Å². The van der Waals surface area contributed by atoms with Gasteiger partial charge in [0, 0.05) is 11.5 Å². The van der Waals surface area contributed by atoms with E-state index in [1.54, 1.807) is 0 Å². The van der Waals surface area contributed by atoms with Crippen LogP contribution in [-0.2, 0) is 0 Å². The van der Waals surface area contributed by atoms with Crippen LogP contribution in [-0.4, -0.2) is 18.3 Å². The lowest BCUT2D eigenvalue weighted by molar-refractivity contribution is 0.216. The first kappa shape index (κ1) is 14.0. The topological polar surface area (TPSA) is 51.8 Å². The third kappa shape index (κ3) is 2.76. The highest BCUT2D eigenvalue weighted by atomic mass is 16.5. The molecular formula is C17H20O4.